The minimum absolute atomic E-state index is 0.141. The highest BCUT2D eigenvalue weighted by Gasteiger charge is 2.52. The number of rotatable bonds is 4. The van der Waals surface area contributed by atoms with Crippen molar-refractivity contribution in [3.8, 4) is 0 Å². The molecule has 2 fully saturated rings. The molecule has 0 radical (unpaired) electrons. The zero-order chi connectivity index (χ0) is 18.5. The number of aliphatic hydroxyl groups is 1. The molecule has 2 aliphatic heterocycles. The minimum atomic E-state index is -4.17. The number of hydrogen-bond donors (Lipinski definition) is 2. The van der Waals surface area contributed by atoms with Crippen molar-refractivity contribution < 1.29 is 28.3 Å². The van der Waals surface area contributed by atoms with Gasteiger partial charge in [0.05, 0.1) is 12.9 Å². The van der Waals surface area contributed by atoms with Gasteiger partial charge >= 0.3 is 7.82 Å². The predicted molar refractivity (Wildman–Crippen MR) is 89.5 cm³/mol. The van der Waals surface area contributed by atoms with Crippen LogP contribution in [0.25, 0.3) is 11.2 Å². The number of fused-ring (bicyclic) bond motifs is 2. The van der Waals surface area contributed by atoms with Gasteiger partial charge in [-0.15, -0.1) is 0 Å². The lowest BCUT2D eigenvalue weighted by Crippen LogP contribution is -2.39. The standard InChI is InChI=1S/C14H20N5O6P/c1-3-18(4-2)12-9-13(16-6-15-12)19(7-17-9)14-10(20)11-8(24-14)5-23-26(21,22)25-11/h6-8,10-11,14,20H,3-5H2,1-2H3,(H,21,22). The van der Waals surface area contributed by atoms with Gasteiger partial charge in [-0.2, -0.15) is 0 Å². The molecule has 11 nitrogen and oxygen atoms in total. The Balaban J connectivity index is 1.70. The molecule has 5 atom stereocenters. The third-order valence-electron chi connectivity index (χ3n) is 4.64. The maximum Gasteiger partial charge on any atom is 0.472 e. The van der Waals surface area contributed by atoms with Gasteiger partial charge in [0.2, 0.25) is 0 Å². The van der Waals surface area contributed by atoms with Crippen LogP contribution in [-0.4, -0.2) is 67.5 Å². The molecule has 0 aromatic carbocycles. The van der Waals surface area contributed by atoms with E-state index in [-0.39, 0.29) is 6.61 Å². The minimum Gasteiger partial charge on any atom is -0.386 e. The van der Waals surface area contributed by atoms with Crippen LogP contribution in [0.5, 0.6) is 0 Å². The third kappa shape index (κ3) is 2.81. The summed E-state index contributed by atoms with van der Waals surface area (Å²) in [6.45, 7) is 5.43. The van der Waals surface area contributed by atoms with Crippen LogP contribution in [0, 0.1) is 0 Å². The Morgan fingerprint density at radius 3 is 2.85 bits per heavy atom. The van der Waals surface area contributed by atoms with E-state index in [1.54, 1.807) is 4.57 Å². The van der Waals surface area contributed by atoms with Crippen molar-refractivity contribution in [3.05, 3.63) is 12.7 Å². The van der Waals surface area contributed by atoms with E-state index in [1.807, 2.05) is 18.7 Å². The highest BCUT2D eigenvalue weighted by Crippen LogP contribution is 2.52. The Morgan fingerprint density at radius 1 is 1.35 bits per heavy atom. The van der Waals surface area contributed by atoms with Crippen molar-refractivity contribution in [2.45, 2.75) is 38.4 Å². The van der Waals surface area contributed by atoms with Crippen molar-refractivity contribution >= 4 is 24.8 Å². The Morgan fingerprint density at radius 2 is 2.12 bits per heavy atom. The molecule has 2 aliphatic rings. The fraction of sp³-hybridized carbons (Fsp3) is 0.643. The average molecular weight is 385 g/mol. The second-order valence-corrected chi connectivity index (χ2v) is 7.49. The van der Waals surface area contributed by atoms with E-state index in [9.17, 15) is 14.6 Å². The van der Waals surface area contributed by atoms with E-state index in [0.29, 0.717) is 17.0 Å². The zero-order valence-electron chi connectivity index (χ0n) is 14.3. The fourth-order valence-corrected chi connectivity index (χ4v) is 4.31. The molecule has 0 bridgehead atoms. The van der Waals surface area contributed by atoms with Crippen molar-refractivity contribution in [1.82, 2.24) is 19.5 Å². The second kappa shape index (κ2) is 6.52. The van der Waals surface area contributed by atoms with Crippen molar-refractivity contribution in [3.63, 3.8) is 0 Å². The van der Waals surface area contributed by atoms with E-state index in [1.165, 1.54) is 12.7 Å². The van der Waals surface area contributed by atoms with E-state index < -0.39 is 32.4 Å². The molecule has 0 spiro atoms. The first-order valence-electron chi connectivity index (χ1n) is 8.37. The molecule has 12 heteroatoms. The Labute approximate surface area is 149 Å². The zero-order valence-corrected chi connectivity index (χ0v) is 15.2. The number of hydrogen-bond acceptors (Lipinski definition) is 9. The van der Waals surface area contributed by atoms with Crippen LogP contribution < -0.4 is 4.90 Å². The first-order valence-corrected chi connectivity index (χ1v) is 9.86. The van der Waals surface area contributed by atoms with Gasteiger partial charge in [0.1, 0.15) is 24.6 Å². The summed E-state index contributed by atoms with van der Waals surface area (Å²) in [6.07, 6.45) is -0.720. The van der Waals surface area contributed by atoms with Gasteiger partial charge < -0.3 is 19.6 Å². The maximum atomic E-state index is 11.6. The van der Waals surface area contributed by atoms with Crippen LogP contribution in [0.4, 0.5) is 5.82 Å². The van der Waals surface area contributed by atoms with Crippen molar-refractivity contribution in [2.24, 2.45) is 0 Å². The molecule has 2 aromatic rings. The highest BCUT2D eigenvalue weighted by atomic mass is 31.2. The van der Waals surface area contributed by atoms with Gasteiger partial charge in [0.15, 0.2) is 23.2 Å². The lowest BCUT2D eigenvalue weighted by atomic mass is 10.1. The van der Waals surface area contributed by atoms with Crippen LogP contribution in [0.15, 0.2) is 12.7 Å². The Bertz CT molecular complexity index is 857. The number of nitrogens with zero attached hydrogens (tertiary/aromatic N) is 5. The summed E-state index contributed by atoms with van der Waals surface area (Å²) in [7, 11) is -4.17. The predicted octanol–water partition coefficient (Wildman–Crippen LogP) is 0.447. The Hall–Kier alpha value is -1.62. The van der Waals surface area contributed by atoms with Gasteiger partial charge in [0, 0.05) is 13.1 Å². The molecular weight excluding hydrogens is 365 g/mol. The number of phosphoric acid groups is 1. The van der Waals surface area contributed by atoms with E-state index in [2.05, 4.69) is 15.0 Å². The van der Waals surface area contributed by atoms with Gasteiger partial charge in [-0.05, 0) is 13.8 Å². The molecule has 0 saturated carbocycles. The van der Waals surface area contributed by atoms with Gasteiger partial charge in [-0.1, -0.05) is 0 Å². The normalized spacial score (nSPS) is 34.2. The van der Waals surface area contributed by atoms with Crippen LogP contribution in [0.1, 0.15) is 20.1 Å². The maximum absolute atomic E-state index is 11.6. The van der Waals surface area contributed by atoms with Crippen molar-refractivity contribution in [1.29, 1.82) is 0 Å². The number of anilines is 1. The van der Waals surface area contributed by atoms with Crippen LogP contribution in [0.3, 0.4) is 0 Å². The average Bonchev–Trinajstić information content (AvgIpc) is 3.17. The lowest BCUT2D eigenvalue weighted by molar-refractivity contribution is -0.0664. The topological polar surface area (TPSA) is 132 Å². The summed E-state index contributed by atoms with van der Waals surface area (Å²) >= 11 is 0. The molecule has 2 N–H and O–H groups in total. The van der Waals surface area contributed by atoms with Crippen molar-refractivity contribution in [2.75, 3.05) is 24.6 Å². The summed E-state index contributed by atoms with van der Waals surface area (Å²) < 4.78 is 28.7. The Kier molecular flexibility index (Phi) is 4.46. The molecule has 2 aromatic heterocycles. The van der Waals surface area contributed by atoms with Gasteiger partial charge in [0.25, 0.3) is 0 Å². The van der Waals surface area contributed by atoms with E-state index >= 15 is 0 Å². The largest absolute Gasteiger partial charge is 0.472 e. The van der Waals surface area contributed by atoms with E-state index in [0.717, 1.165) is 13.1 Å². The quantitative estimate of drug-likeness (QED) is 0.715. The molecule has 26 heavy (non-hydrogen) atoms. The first-order chi connectivity index (χ1) is 12.4. The molecule has 5 unspecified atom stereocenters. The third-order valence-corrected chi connectivity index (χ3v) is 5.63. The first kappa shape index (κ1) is 17.8. The van der Waals surface area contributed by atoms with Crippen LogP contribution >= 0.6 is 7.82 Å². The second-order valence-electron chi connectivity index (χ2n) is 6.08. The molecule has 142 valence electrons. The molecule has 0 aliphatic carbocycles. The number of aromatic nitrogens is 4. The smallest absolute Gasteiger partial charge is 0.386 e. The molecule has 0 amide bonds. The summed E-state index contributed by atoms with van der Waals surface area (Å²) in [6, 6.07) is 0. The summed E-state index contributed by atoms with van der Waals surface area (Å²) in [4.78, 5) is 24.5. The fourth-order valence-electron chi connectivity index (χ4n) is 3.35. The SMILES string of the molecule is CCN(CC)c1ncnc2c1ncn2C1OC2COP(=O)(O)OC2C1O. The number of phosphoric ester groups is 1. The number of aliphatic hydroxyl groups excluding tert-OH is 1. The summed E-state index contributed by atoms with van der Waals surface area (Å²) in [5.41, 5.74) is 1.09. The summed E-state index contributed by atoms with van der Waals surface area (Å²) in [5, 5.41) is 10.6. The highest BCUT2D eigenvalue weighted by molar-refractivity contribution is 7.47. The van der Waals surface area contributed by atoms with Gasteiger partial charge in [-0.3, -0.25) is 13.6 Å². The van der Waals surface area contributed by atoms with Crippen LogP contribution in [0.2, 0.25) is 0 Å². The van der Waals surface area contributed by atoms with E-state index in [4.69, 9.17) is 13.8 Å². The monoisotopic (exact) mass is 385 g/mol. The number of imidazole rings is 1. The number of ether oxygens (including phenoxy) is 1. The molecule has 4 heterocycles. The summed E-state index contributed by atoms with van der Waals surface area (Å²) in [5.74, 6) is 0.697. The lowest BCUT2D eigenvalue weighted by Gasteiger charge is -2.27. The molecule has 4 rings (SSSR count). The van der Waals surface area contributed by atoms with Crippen LogP contribution in [-0.2, 0) is 18.3 Å². The molecule has 2 saturated heterocycles. The molecular formula is C14H20N5O6P. The van der Waals surface area contributed by atoms with Gasteiger partial charge in [-0.25, -0.2) is 19.5 Å².